The summed E-state index contributed by atoms with van der Waals surface area (Å²) in [5, 5.41) is -0.407. The molecule has 0 unspecified atom stereocenters. The van der Waals surface area contributed by atoms with Crippen molar-refractivity contribution in [1.29, 1.82) is 0 Å². The number of rotatable bonds is 2. The number of halogens is 1. The monoisotopic (exact) mass is 294 g/mol. The average Bonchev–Trinajstić information content (AvgIpc) is 2.58. The molecular weight excluding hydrogens is 280 g/mol. The molecule has 3 aromatic rings. The van der Waals surface area contributed by atoms with Gasteiger partial charge in [0.1, 0.15) is 0 Å². The van der Waals surface area contributed by atoms with Gasteiger partial charge in [-0.05, 0) is 22.7 Å². The molecule has 104 valence electrons. The van der Waals surface area contributed by atoms with Crippen molar-refractivity contribution < 1.29 is 4.79 Å². The largest absolute Gasteiger partial charge is 0.276 e. The van der Waals surface area contributed by atoms with Gasteiger partial charge in [-0.1, -0.05) is 91.0 Å². The van der Waals surface area contributed by atoms with Crippen molar-refractivity contribution in [2.45, 2.75) is 0 Å². The lowest BCUT2D eigenvalue weighted by Crippen LogP contribution is -1.84. The molecule has 3 rings (SSSR count). The molecule has 0 radical (unpaired) electrons. The molecule has 0 amide bonds. The molecular formula is C19H15ClO. The van der Waals surface area contributed by atoms with Crippen LogP contribution in [0.4, 0.5) is 0 Å². The summed E-state index contributed by atoms with van der Waals surface area (Å²) in [7, 11) is 0. The minimum absolute atomic E-state index is 0.407. The van der Waals surface area contributed by atoms with E-state index in [0.717, 1.165) is 0 Å². The molecule has 0 aliphatic heterocycles. The molecule has 21 heavy (non-hydrogen) atoms. The molecule has 2 heteroatoms. The first-order valence-electron chi connectivity index (χ1n) is 6.63. The summed E-state index contributed by atoms with van der Waals surface area (Å²) >= 11 is 5.16. The lowest BCUT2D eigenvalue weighted by Gasteiger charge is -1.98. The van der Waals surface area contributed by atoms with Gasteiger partial charge in [0, 0.05) is 5.56 Å². The van der Waals surface area contributed by atoms with Crippen molar-refractivity contribution in [1.82, 2.24) is 0 Å². The molecule has 0 bridgehead atoms. The number of hydrogen-bond acceptors (Lipinski definition) is 1. The van der Waals surface area contributed by atoms with Crippen molar-refractivity contribution in [3.8, 4) is 11.1 Å². The van der Waals surface area contributed by atoms with Crippen LogP contribution in [0, 0.1) is 0 Å². The summed E-state index contributed by atoms with van der Waals surface area (Å²) in [5.41, 5.74) is 3.09. The van der Waals surface area contributed by atoms with Crippen LogP contribution in [0.25, 0.3) is 11.1 Å². The lowest BCUT2D eigenvalue weighted by molar-refractivity contribution is 0.108. The Morgan fingerprint density at radius 1 is 0.571 bits per heavy atom. The van der Waals surface area contributed by atoms with Crippen LogP contribution in [0.15, 0.2) is 91.0 Å². The van der Waals surface area contributed by atoms with E-state index < -0.39 is 5.24 Å². The topological polar surface area (TPSA) is 17.1 Å². The van der Waals surface area contributed by atoms with Gasteiger partial charge in [-0.15, -0.1) is 0 Å². The Balaban J connectivity index is 0.000000161. The molecule has 0 saturated heterocycles. The summed E-state index contributed by atoms with van der Waals surface area (Å²) in [5.74, 6) is 0. The fraction of sp³-hybridized carbons (Fsp3) is 0. The van der Waals surface area contributed by atoms with Crippen molar-refractivity contribution in [3.63, 3.8) is 0 Å². The van der Waals surface area contributed by atoms with Gasteiger partial charge in [-0.3, -0.25) is 4.79 Å². The Morgan fingerprint density at radius 3 is 1.19 bits per heavy atom. The van der Waals surface area contributed by atoms with Gasteiger partial charge in [0.05, 0.1) is 0 Å². The van der Waals surface area contributed by atoms with Gasteiger partial charge >= 0.3 is 0 Å². The summed E-state index contributed by atoms with van der Waals surface area (Å²) in [6, 6.07) is 29.5. The van der Waals surface area contributed by atoms with Crippen molar-refractivity contribution >= 4 is 16.8 Å². The third-order valence-corrected chi connectivity index (χ3v) is 3.10. The maximum atomic E-state index is 10.4. The van der Waals surface area contributed by atoms with Gasteiger partial charge in [0.15, 0.2) is 0 Å². The zero-order valence-corrected chi connectivity index (χ0v) is 12.2. The predicted molar refractivity (Wildman–Crippen MR) is 88.5 cm³/mol. The van der Waals surface area contributed by atoms with Crippen LogP contribution in [-0.2, 0) is 0 Å². The fourth-order valence-electron chi connectivity index (χ4n) is 1.83. The molecule has 0 atom stereocenters. The smallest absolute Gasteiger partial charge is 0.252 e. The van der Waals surface area contributed by atoms with Crippen molar-refractivity contribution in [2.24, 2.45) is 0 Å². The molecule has 0 aromatic heterocycles. The van der Waals surface area contributed by atoms with Gasteiger partial charge in [-0.25, -0.2) is 0 Å². The van der Waals surface area contributed by atoms with Crippen molar-refractivity contribution in [3.05, 3.63) is 96.6 Å². The maximum absolute atomic E-state index is 10.4. The van der Waals surface area contributed by atoms with E-state index in [1.165, 1.54) is 11.1 Å². The normalized spacial score (nSPS) is 9.38. The van der Waals surface area contributed by atoms with E-state index in [2.05, 4.69) is 48.5 Å². The van der Waals surface area contributed by atoms with Crippen LogP contribution < -0.4 is 0 Å². The second kappa shape index (κ2) is 8.03. The Bertz CT molecular complexity index is 626. The Hall–Kier alpha value is -2.38. The van der Waals surface area contributed by atoms with Crippen LogP contribution in [0.1, 0.15) is 10.4 Å². The van der Waals surface area contributed by atoms with Crippen LogP contribution in [0.3, 0.4) is 0 Å². The number of carbonyl (C=O) groups is 1. The third-order valence-electron chi connectivity index (χ3n) is 2.88. The van der Waals surface area contributed by atoms with E-state index >= 15 is 0 Å². The first-order valence-corrected chi connectivity index (χ1v) is 7.00. The standard InChI is InChI=1S/C12H10.C7H5ClO/c1-3-7-11(8-4-1)12-9-5-2-6-10-12;8-7(9)6-4-2-1-3-5-6/h1-10H;1-5H. The van der Waals surface area contributed by atoms with E-state index in [1.54, 1.807) is 24.3 Å². The second-order valence-corrected chi connectivity index (χ2v) is 4.72. The minimum atomic E-state index is -0.407. The Labute approximate surface area is 129 Å². The fourth-order valence-corrected chi connectivity index (χ4v) is 1.96. The maximum Gasteiger partial charge on any atom is 0.252 e. The molecule has 0 spiro atoms. The van der Waals surface area contributed by atoms with Crippen molar-refractivity contribution in [2.75, 3.05) is 0 Å². The van der Waals surface area contributed by atoms with Gasteiger partial charge < -0.3 is 0 Å². The molecule has 3 aromatic carbocycles. The molecule has 0 N–H and O–H groups in total. The number of carbonyl (C=O) groups excluding carboxylic acids is 1. The highest BCUT2D eigenvalue weighted by Crippen LogP contribution is 2.17. The van der Waals surface area contributed by atoms with Crippen LogP contribution >= 0.6 is 11.6 Å². The summed E-state index contributed by atoms with van der Waals surface area (Å²) in [6.07, 6.45) is 0. The van der Waals surface area contributed by atoms with Gasteiger partial charge in [0.25, 0.3) is 5.24 Å². The van der Waals surface area contributed by atoms with Crippen LogP contribution in [-0.4, -0.2) is 5.24 Å². The highest BCUT2D eigenvalue weighted by Gasteiger charge is 1.96. The predicted octanol–water partition coefficient (Wildman–Crippen LogP) is 5.42. The summed E-state index contributed by atoms with van der Waals surface area (Å²) in [4.78, 5) is 10.4. The molecule has 0 fully saturated rings. The van der Waals surface area contributed by atoms with Gasteiger partial charge in [0.2, 0.25) is 0 Å². The van der Waals surface area contributed by atoms with E-state index in [9.17, 15) is 4.79 Å². The third kappa shape index (κ3) is 4.90. The van der Waals surface area contributed by atoms with Gasteiger partial charge in [-0.2, -0.15) is 0 Å². The molecule has 0 saturated carbocycles. The molecule has 0 aliphatic carbocycles. The summed E-state index contributed by atoms with van der Waals surface area (Å²) in [6.45, 7) is 0. The first kappa shape index (κ1) is 15.0. The minimum Gasteiger partial charge on any atom is -0.276 e. The van der Waals surface area contributed by atoms with Crippen LogP contribution in [0.2, 0.25) is 0 Å². The lowest BCUT2D eigenvalue weighted by atomic mass is 10.1. The van der Waals surface area contributed by atoms with E-state index in [4.69, 9.17) is 11.6 Å². The van der Waals surface area contributed by atoms with E-state index in [1.807, 2.05) is 18.2 Å². The van der Waals surface area contributed by atoms with Crippen LogP contribution in [0.5, 0.6) is 0 Å². The highest BCUT2D eigenvalue weighted by molar-refractivity contribution is 6.67. The van der Waals surface area contributed by atoms with E-state index in [-0.39, 0.29) is 0 Å². The Morgan fingerprint density at radius 2 is 0.905 bits per heavy atom. The first-order chi connectivity index (χ1) is 10.3. The molecule has 1 nitrogen and oxygen atoms in total. The Kier molecular flexibility index (Phi) is 5.74. The quantitative estimate of drug-likeness (QED) is 0.577. The molecule has 0 heterocycles. The number of hydrogen-bond donors (Lipinski definition) is 0. The van der Waals surface area contributed by atoms with E-state index in [0.29, 0.717) is 5.56 Å². The SMILES string of the molecule is O=C(Cl)c1ccccc1.c1ccc(-c2ccccc2)cc1. The molecule has 0 aliphatic rings. The highest BCUT2D eigenvalue weighted by atomic mass is 35.5. The average molecular weight is 295 g/mol. The zero-order chi connectivity index (χ0) is 14.9. The second-order valence-electron chi connectivity index (χ2n) is 4.37. The number of benzene rings is 3. The zero-order valence-electron chi connectivity index (χ0n) is 11.4. The summed E-state index contributed by atoms with van der Waals surface area (Å²) < 4.78 is 0.